The van der Waals surface area contributed by atoms with Crippen molar-refractivity contribution in [3.05, 3.63) is 36.3 Å². The quantitative estimate of drug-likeness (QED) is 0.719. The number of halogens is 1. The number of nitriles is 1. The highest BCUT2D eigenvalue weighted by Gasteiger charge is 2.01. The number of fused-ring (bicyclic) bond motifs is 1. The first-order valence-electron chi connectivity index (χ1n) is 5.42. The molecule has 2 nitrogen and oxygen atoms in total. The number of aromatic nitrogens is 1. The summed E-state index contributed by atoms with van der Waals surface area (Å²) in [7, 11) is 0. The van der Waals surface area contributed by atoms with E-state index in [4.69, 9.17) is 5.26 Å². The zero-order chi connectivity index (χ0) is 11.4. The van der Waals surface area contributed by atoms with E-state index in [1.165, 1.54) is 6.07 Å². The van der Waals surface area contributed by atoms with Crippen molar-refractivity contribution in [1.82, 2.24) is 4.57 Å². The number of hydrogen-bond acceptors (Lipinski definition) is 1. The Bertz CT molecular complexity index is 522. The zero-order valence-corrected chi connectivity index (χ0v) is 8.99. The summed E-state index contributed by atoms with van der Waals surface area (Å²) >= 11 is 0. The predicted molar refractivity (Wildman–Crippen MR) is 61.4 cm³/mol. The number of nitrogens with zero attached hydrogens (tertiary/aromatic N) is 2. The Kier molecular flexibility index (Phi) is 3.21. The molecule has 0 aliphatic rings. The Morgan fingerprint density at radius 1 is 1.25 bits per heavy atom. The molecular formula is C13H13FN2. The van der Waals surface area contributed by atoms with Crippen molar-refractivity contribution < 1.29 is 4.39 Å². The average molecular weight is 216 g/mol. The fourth-order valence-electron chi connectivity index (χ4n) is 1.85. The summed E-state index contributed by atoms with van der Waals surface area (Å²) in [5, 5.41) is 9.36. The highest BCUT2D eigenvalue weighted by Crippen LogP contribution is 2.17. The van der Waals surface area contributed by atoms with Crippen LogP contribution in [-0.2, 0) is 6.54 Å². The van der Waals surface area contributed by atoms with E-state index in [-0.39, 0.29) is 5.82 Å². The summed E-state index contributed by atoms with van der Waals surface area (Å²) in [4.78, 5) is 0. The van der Waals surface area contributed by atoms with Crippen LogP contribution in [0.4, 0.5) is 4.39 Å². The lowest BCUT2D eigenvalue weighted by Gasteiger charge is -2.03. The van der Waals surface area contributed by atoms with Crippen molar-refractivity contribution in [2.24, 2.45) is 0 Å². The summed E-state index contributed by atoms with van der Waals surface area (Å²) < 4.78 is 15.1. The van der Waals surface area contributed by atoms with Crippen molar-refractivity contribution >= 4 is 10.9 Å². The molecule has 0 N–H and O–H groups in total. The molecule has 0 saturated heterocycles. The fourth-order valence-corrected chi connectivity index (χ4v) is 1.85. The molecule has 1 aromatic carbocycles. The van der Waals surface area contributed by atoms with Gasteiger partial charge in [-0.15, -0.1) is 0 Å². The van der Waals surface area contributed by atoms with Gasteiger partial charge >= 0.3 is 0 Å². The van der Waals surface area contributed by atoms with Crippen LogP contribution in [0.2, 0.25) is 0 Å². The summed E-state index contributed by atoms with van der Waals surface area (Å²) in [6, 6.07) is 8.88. The number of benzene rings is 1. The molecule has 16 heavy (non-hydrogen) atoms. The minimum atomic E-state index is -0.199. The molecule has 1 heterocycles. The topological polar surface area (TPSA) is 28.7 Å². The van der Waals surface area contributed by atoms with Gasteiger partial charge in [0, 0.05) is 30.1 Å². The maximum Gasteiger partial charge on any atom is 0.123 e. The Balaban J connectivity index is 2.10. The molecule has 0 radical (unpaired) electrons. The van der Waals surface area contributed by atoms with E-state index in [0.717, 1.165) is 30.3 Å². The summed E-state index contributed by atoms with van der Waals surface area (Å²) in [5.41, 5.74) is 1.05. The van der Waals surface area contributed by atoms with Crippen molar-refractivity contribution in [3.63, 3.8) is 0 Å². The van der Waals surface area contributed by atoms with E-state index in [0.29, 0.717) is 6.42 Å². The number of rotatable bonds is 4. The van der Waals surface area contributed by atoms with Crippen LogP contribution >= 0.6 is 0 Å². The first kappa shape index (κ1) is 10.7. The molecule has 0 aliphatic carbocycles. The first-order valence-corrected chi connectivity index (χ1v) is 5.42. The second-order valence-electron chi connectivity index (χ2n) is 3.83. The van der Waals surface area contributed by atoms with Crippen LogP contribution in [0.3, 0.4) is 0 Å². The zero-order valence-electron chi connectivity index (χ0n) is 8.99. The Morgan fingerprint density at radius 2 is 2.12 bits per heavy atom. The van der Waals surface area contributed by atoms with E-state index in [2.05, 4.69) is 10.6 Å². The SMILES string of the molecule is N#CCCCCn1ccc2cc(F)ccc21. The van der Waals surface area contributed by atoms with E-state index >= 15 is 0 Å². The van der Waals surface area contributed by atoms with Crippen LogP contribution in [0.5, 0.6) is 0 Å². The van der Waals surface area contributed by atoms with Gasteiger partial charge in [-0.1, -0.05) is 0 Å². The van der Waals surface area contributed by atoms with Gasteiger partial charge in [0.2, 0.25) is 0 Å². The standard InChI is InChI=1S/C13H13FN2/c14-12-4-5-13-11(10-12)6-9-16(13)8-3-1-2-7-15/h4-6,9-10H,1-3,8H2. The van der Waals surface area contributed by atoms with Gasteiger partial charge in [0.25, 0.3) is 0 Å². The molecule has 82 valence electrons. The molecule has 2 aromatic rings. The molecule has 0 atom stereocenters. The minimum absolute atomic E-state index is 0.199. The van der Waals surface area contributed by atoms with E-state index in [1.807, 2.05) is 12.3 Å². The highest BCUT2D eigenvalue weighted by atomic mass is 19.1. The van der Waals surface area contributed by atoms with E-state index in [9.17, 15) is 4.39 Å². The van der Waals surface area contributed by atoms with Crippen molar-refractivity contribution in [2.45, 2.75) is 25.8 Å². The van der Waals surface area contributed by atoms with Crippen LogP contribution in [-0.4, -0.2) is 4.57 Å². The highest BCUT2D eigenvalue weighted by molar-refractivity contribution is 5.80. The van der Waals surface area contributed by atoms with Crippen molar-refractivity contribution in [1.29, 1.82) is 5.26 Å². The van der Waals surface area contributed by atoms with Crippen LogP contribution in [0.25, 0.3) is 10.9 Å². The Labute approximate surface area is 93.9 Å². The van der Waals surface area contributed by atoms with Crippen molar-refractivity contribution in [3.8, 4) is 6.07 Å². The predicted octanol–water partition coefficient (Wildman–Crippen LogP) is 3.47. The fraction of sp³-hybridized carbons (Fsp3) is 0.308. The molecule has 1 aromatic heterocycles. The van der Waals surface area contributed by atoms with Crippen LogP contribution < -0.4 is 0 Å². The second-order valence-corrected chi connectivity index (χ2v) is 3.83. The summed E-state index contributed by atoms with van der Waals surface area (Å²) in [5.74, 6) is -0.199. The summed E-state index contributed by atoms with van der Waals surface area (Å²) in [6.45, 7) is 0.886. The van der Waals surface area contributed by atoms with Crippen LogP contribution in [0.1, 0.15) is 19.3 Å². The normalized spacial score (nSPS) is 10.5. The van der Waals surface area contributed by atoms with Crippen LogP contribution in [0, 0.1) is 17.1 Å². The van der Waals surface area contributed by atoms with Gasteiger partial charge < -0.3 is 4.57 Å². The molecular weight excluding hydrogens is 203 g/mol. The maximum absolute atomic E-state index is 13.0. The van der Waals surface area contributed by atoms with Gasteiger partial charge in [0.1, 0.15) is 5.82 Å². The molecule has 0 unspecified atom stereocenters. The molecule has 0 saturated carbocycles. The molecule has 0 spiro atoms. The number of aryl methyl sites for hydroxylation is 1. The molecule has 2 rings (SSSR count). The maximum atomic E-state index is 13.0. The van der Waals surface area contributed by atoms with Crippen LogP contribution in [0.15, 0.2) is 30.5 Å². The van der Waals surface area contributed by atoms with E-state index in [1.54, 1.807) is 12.1 Å². The average Bonchev–Trinajstić information content (AvgIpc) is 2.67. The van der Waals surface area contributed by atoms with Gasteiger partial charge in [-0.25, -0.2) is 4.39 Å². The monoisotopic (exact) mass is 216 g/mol. The van der Waals surface area contributed by atoms with Gasteiger partial charge in [-0.05, 0) is 37.1 Å². The number of hydrogen-bond donors (Lipinski definition) is 0. The minimum Gasteiger partial charge on any atom is -0.347 e. The third kappa shape index (κ3) is 2.22. The lowest BCUT2D eigenvalue weighted by molar-refractivity contribution is 0.625. The third-order valence-corrected chi connectivity index (χ3v) is 2.67. The van der Waals surface area contributed by atoms with Gasteiger partial charge in [0.05, 0.1) is 6.07 Å². The molecule has 0 aliphatic heterocycles. The van der Waals surface area contributed by atoms with Gasteiger partial charge in [-0.2, -0.15) is 5.26 Å². The largest absolute Gasteiger partial charge is 0.347 e. The Morgan fingerprint density at radius 3 is 2.94 bits per heavy atom. The molecule has 0 bridgehead atoms. The van der Waals surface area contributed by atoms with Gasteiger partial charge in [-0.3, -0.25) is 0 Å². The molecule has 0 fully saturated rings. The number of unbranched alkanes of at least 4 members (excludes halogenated alkanes) is 2. The van der Waals surface area contributed by atoms with E-state index < -0.39 is 0 Å². The third-order valence-electron chi connectivity index (χ3n) is 2.67. The first-order chi connectivity index (χ1) is 7.81. The second kappa shape index (κ2) is 4.80. The Hall–Kier alpha value is -1.82. The van der Waals surface area contributed by atoms with Gasteiger partial charge in [0.15, 0.2) is 0 Å². The summed E-state index contributed by atoms with van der Waals surface area (Å²) in [6.07, 6.45) is 4.47. The lowest BCUT2D eigenvalue weighted by atomic mass is 10.2. The lowest BCUT2D eigenvalue weighted by Crippen LogP contribution is -1.95. The smallest absolute Gasteiger partial charge is 0.123 e. The molecule has 3 heteroatoms. The van der Waals surface area contributed by atoms with Crippen molar-refractivity contribution in [2.75, 3.05) is 0 Å². The molecule has 0 amide bonds.